The number of aryl methyl sites for hydroxylation is 2. The van der Waals surface area contributed by atoms with E-state index in [4.69, 9.17) is 9.26 Å². The van der Waals surface area contributed by atoms with Crippen LogP contribution in [0.4, 0.5) is 0 Å². The molecule has 2 saturated heterocycles. The van der Waals surface area contributed by atoms with Gasteiger partial charge in [0.25, 0.3) is 5.91 Å². The summed E-state index contributed by atoms with van der Waals surface area (Å²) in [5.74, 6) is 2.82. The second kappa shape index (κ2) is 7.47. The van der Waals surface area contributed by atoms with Crippen LogP contribution in [0.25, 0.3) is 0 Å². The van der Waals surface area contributed by atoms with Gasteiger partial charge in [-0.2, -0.15) is 4.98 Å². The summed E-state index contributed by atoms with van der Waals surface area (Å²) in [5.41, 5.74) is 0.731. The Bertz CT molecular complexity index is 896. The number of carbonyl (C=O) groups excluding carboxylic acids is 1. The van der Waals surface area contributed by atoms with Gasteiger partial charge in [0, 0.05) is 32.0 Å². The van der Waals surface area contributed by atoms with Gasteiger partial charge in [0.05, 0.1) is 16.3 Å². The highest BCUT2D eigenvalue weighted by Crippen LogP contribution is 2.40. The maximum Gasteiger partial charge on any atom is 0.265 e. The van der Waals surface area contributed by atoms with Gasteiger partial charge in [-0.05, 0) is 58.3 Å². The van der Waals surface area contributed by atoms with Crippen LogP contribution in [0.3, 0.4) is 0 Å². The number of rotatable bonds is 4. The molecular weight excluding hydrogens is 388 g/mol. The molecule has 2 aliphatic heterocycles. The minimum atomic E-state index is -0.113. The number of likely N-dealkylation sites (tertiary alicyclic amines) is 1. The molecular formula is C21H28N4O3S. The SMILES string of the molecule is Cc1nc(C)c(C(=O)N2CCC3(CC2)CC(Cc2nc(C4CC4)no2)CCO3)s1. The van der Waals surface area contributed by atoms with E-state index in [2.05, 4.69) is 15.1 Å². The fraction of sp³-hybridized carbons (Fsp3) is 0.714. The van der Waals surface area contributed by atoms with Gasteiger partial charge in [0.2, 0.25) is 5.89 Å². The molecule has 1 unspecified atom stereocenters. The van der Waals surface area contributed by atoms with Crippen LogP contribution in [-0.2, 0) is 11.2 Å². The van der Waals surface area contributed by atoms with E-state index >= 15 is 0 Å². The van der Waals surface area contributed by atoms with Crippen molar-refractivity contribution in [3.05, 3.63) is 27.3 Å². The summed E-state index contributed by atoms with van der Waals surface area (Å²) in [7, 11) is 0. The van der Waals surface area contributed by atoms with Crippen molar-refractivity contribution in [1.29, 1.82) is 0 Å². The molecule has 3 fully saturated rings. The molecule has 4 heterocycles. The smallest absolute Gasteiger partial charge is 0.265 e. The van der Waals surface area contributed by atoms with Gasteiger partial charge in [0.1, 0.15) is 4.88 Å². The van der Waals surface area contributed by atoms with E-state index < -0.39 is 0 Å². The van der Waals surface area contributed by atoms with E-state index in [0.717, 1.165) is 79.1 Å². The lowest BCUT2D eigenvalue weighted by Crippen LogP contribution is -2.51. The summed E-state index contributed by atoms with van der Waals surface area (Å²) in [6, 6.07) is 0. The molecule has 7 nitrogen and oxygen atoms in total. The molecule has 156 valence electrons. The lowest BCUT2D eigenvalue weighted by Gasteiger charge is -2.46. The third-order valence-corrected chi connectivity index (χ3v) is 7.61. The highest BCUT2D eigenvalue weighted by Gasteiger charge is 2.42. The van der Waals surface area contributed by atoms with Gasteiger partial charge in [-0.15, -0.1) is 11.3 Å². The molecule has 1 spiro atoms. The number of hydrogen-bond donors (Lipinski definition) is 0. The molecule has 8 heteroatoms. The molecule has 2 aromatic rings. The number of amides is 1. The molecule has 1 atom stereocenters. The highest BCUT2D eigenvalue weighted by atomic mass is 32.1. The first kappa shape index (κ1) is 19.2. The van der Waals surface area contributed by atoms with Crippen molar-refractivity contribution in [1.82, 2.24) is 20.0 Å². The van der Waals surface area contributed by atoms with E-state index in [1.165, 1.54) is 24.2 Å². The largest absolute Gasteiger partial charge is 0.375 e. The summed E-state index contributed by atoms with van der Waals surface area (Å²) in [6.45, 7) is 6.13. The molecule has 0 radical (unpaired) electrons. The lowest BCUT2D eigenvalue weighted by molar-refractivity contribution is -0.123. The average molecular weight is 417 g/mol. The normalized spacial score (nSPS) is 24.2. The first-order valence-electron chi connectivity index (χ1n) is 10.7. The minimum Gasteiger partial charge on any atom is -0.375 e. The maximum absolute atomic E-state index is 12.9. The maximum atomic E-state index is 12.9. The van der Waals surface area contributed by atoms with Crippen molar-refractivity contribution in [2.75, 3.05) is 19.7 Å². The van der Waals surface area contributed by atoms with Crippen molar-refractivity contribution < 1.29 is 14.1 Å². The molecule has 2 aromatic heterocycles. The van der Waals surface area contributed by atoms with Crippen molar-refractivity contribution in [2.45, 2.75) is 70.3 Å². The van der Waals surface area contributed by atoms with Crippen molar-refractivity contribution in [3.8, 4) is 0 Å². The monoisotopic (exact) mass is 416 g/mol. The van der Waals surface area contributed by atoms with Gasteiger partial charge in [0.15, 0.2) is 5.82 Å². The quantitative estimate of drug-likeness (QED) is 0.756. The van der Waals surface area contributed by atoms with Crippen LogP contribution in [0.15, 0.2) is 4.52 Å². The van der Waals surface area contributed by atoms with E-state index in [1.54, 1.807) is 0 Å². The Kier molecular flexibility index (Phi) is 4.94. The fourth-order valence-corrected chi connectivity index (χ4v) is 5.64. The first-order chi connectivity index (χ1) is 14.0. The lowest BCUT2D eigenvalue weighted by atomic mass is 9.78. The number of piperidine rings is 1. The van der Waals surface area contributed by atoms with Crippen LogP contribution in [0.5, 0.6) is 0 Å². The Labute approximate surface area is 174 Å². The zero-order valence-corrected chi connectivity index (χ0v) is 18.0. The number of ether oxygens (including phenoxy) is 1. The van der Waals surface area contributed by atoms with E-state index in [-0.39, 0.29) is 11.5 Å². The standard InChI is InChI=1S/C21H28N4O3S/c1-13-18(29-14(2)22-13)20(26)25-8-6-21(7-9-25)12-15(5-10-27-21)11-17-23-19(24-28-17)16-3-4-16/h15-16H,3-12H2,1-2H3. The van der Waals surface area contributed by atoms with Gasteiger partial charge in [-0.1, -0.05) is 5.16 Å². The third kappa shape index (κ3) is 3.97. The molecule has 1 amide bonds. The van der Waals surface area contributed by atoms with Crippen LogP contribution < -0.4 is 0 Å². The Hall–Kier alpha value is -1.80. The zero-order valence-electron chi connectivity index (χ0n) is 17.1. The van der Waals surface area contributed by atoms with E-state index in [0.29, 0.717) is 11.8 Å². The topological polar surface area (TPSA) is 81.4 Å². The Morgan fingerprint density at radius 3 is 2.69 bits per heavy atom. The Morgan fingerprint density at radius 2 is 2.00 bits per heavy atom. The van der Waals surface area contributed by atoms with Crippen molar-refractivity contribution in [2.24, 2.45) is 5.92 Å². The molecule has 3 aliphatic rings. The van der Waals surface area contributed by atoms with E-state index in [9.17, 15) is 4.79 Å². The van der Waals surface area contributed by atoms with Crippen LogP contribution in [0.1, 0.15) is 76.5 Å². The summed E-state index contributed by atoms with van der Waals surface area (Å²) in [4.78, 5) is 24.7. The second-order valence-corrected chi connectivity index (χ2v) is 10.1. The molecule has 0 bridgehead atoms. The van der Waals surface area contributed by atoms with Crippen LogP contribution >= 0.6 is 11.3 Å². The van der Waals surface area contributed by atoms with Gasteiger partial charge < -0.3 is 14.2 Å². The summed E-state index contributed by atoms with van der Waals surface area (Å²) in [5, 5.41) is 5.10. The first-order valence-corrected chi connectivity index (χ1v) is 11.5. The molecule has 5 rings (SSSR count). The highest BCUT2D eigenvalue weighted by molar-refractivity contribution is 7.13. The van der Waals surface area contributed by atoms with Crippen molar-refractivity contribution in [3.63, 3.8) is 0 Å². The van der Waals surface area contributed by atoms with Crippen LogP contribution in [-0.4, -0.2) is 51.2 Å². The van der Waals surface area contributed by atoms with Gasteiger partial charge >= 0.3 is 0 Å². The molecule has 29 heavy (non-hydrogen) atoms. The van der Waals surface area contributed by atoms with Gasteiger partial charge in [-0.25, -0.2) is 4.98 Å². The minimum absolute atomic E-state index is 0.113. The predicted molar refractivity (Wildman–Crippen MR) is 108 cm³/mol. The number of carbonyl (C=O) groups is 1. The molecule has 0 N–H and O–H groups in total. The summed E-state index contributed by atoms with van der Waals surface area (Å²) < 4.78 is 11.8. The zero-order chi connectivity index (χ0) is 20.0. The number of thiazole rings is 1. The van der Waals surface area contributed by atoms with Crippen LogP contribution in [0, 0.1) is 19.8 Å². The van der Waals surface area contributed by atoms with Crippen LogP contribution in [0.2, 0.25) is 0 Å². The Morgan fingerprint density at radius 1 is 1.21 bits per heavy atom. The van der Waals surface area contributed by atoms with E-state index in [1.807, 2.05) is 18.7 Å². The number of hydrogen-bond acceptors (Lipinski definition) is 7. The summed E-state index contributed by atoms with van der Waals surface area (Å²) in [6.07, 6.45) is 7.05. The number of nitrogens with zero attached hydrogens (tertiary/aromatic N) is 4. The third-order valence-electron chi connectivity index (χ3n) is 6.54. The molecule has 1 aliphatic carbocycles. The number of aromatic nitrogens is 3. The second-order valence-electron chi connectivity index (χ2n) is 8.85. The predicted octanol–water partition coefficient (Wildman–Crippen LogP) is 3.66. The van der Waals surface area contributed by atoms with Crippen molar-refractivity contribution >= 4 is 17.2 Å². The van der Waals surface area contributed by atoms with Gasteiger partial charge in [-0.3, -0.25) is 4.79 Å². The molecule has 1 saturated carbocycles. The Balaban J connectivity index is 1.19. The average Bonchev–Trinajstić information content (AvgIpc) is 3.36. The molecule has 0 aromatic carbocycles. The fourth-order valence-electron chi connectivity index (χ4n) is 4.75. The summed E-state index contributed by atoms with van der Waals surface area (Å²) >= 11 is 1.50.